The highest BCUT2D eigenvalue weighted by atomic mass is 127. The Balaban J connectivity index is 0.00000289. The maximum atomic E-state index is 13.9. The van der Waals surface area contributed by atoms with Crippen molar-refractivity contribution in [2.24, 2.45) is 0 Å². The van der Waals surface area contributed by atoms with E-state index in [0.29, 0.717) is 11.4 Å². The van der Waals surface area contributed by atoms with Crippen molar-refractivity contribution < 1.29 is 42.9 Å². The summed E-state index contributed by atoms with van der Waals surface area (Å²) in [5, 5.41) is 3.10. The van der Waals surface area contributed by atoms with E-state index in [1.165, 1.54) is 0 Å². The van der Waals surface area contributed by atoms with Crippen molar-refractivity contribution in [2.75, 3.05) is 17.3 Å². The molecule has 3 aromatic rings. The van der Waals surface area contributed by atoms with E-state index in [0.717, 1.165) is 22.5 Å². The fourth-order valence-corrected chi connectivity index (χ4v) is 4.25. The summed E-state index contributed by atoms with van der Waals surface area (Å²) < 4.78 is 7.20. The van der Waals surface area contributed by atoms with Crippen LogP contribution in [0.25, 0.3) is 0 Å². The van der Waals surface area contributed by atoms with Gasteiger partial charge in [-0.3, -0.25) is 14.5 Å². The number of carbonyl (C=O) groups excluding carboxylic acids is 2. The minimum absolute atomic E-state index is 0. The van der Waals surface area contributed by atoms with E-state index in [-0.39, 0.29) is 42.3 Å². The predicted octanol–water partition coefficient (Wildman–Crippen LogP) is 0.504. The summed E-state index contributed by atoms with van der Waals surface area (Å²) >= 11 is 0. The first-order valence-electron chi connectivity index (χ1n) is 10.2. The number of carbonyl (C=O) groups is 2. The number of para-hydroxylation sites is 1. The van der Waals surface area contributed by atoms with E-state index in [2.05, 4.69) is 5.32 Å². The van der Waals surface area contributed by atoms with Crippen LogP contribution in [0.1, 0.15) is 23.7 Å². The molecule has 2 heterocycles. The first-order valence-corrected chi connectivity index (χ1v) is 10.2. The van der Waals surface area contributed by atoms with Gasteiger partial charge in [0.25, 0.3) is 11.8 Å². The molecule has 0 radical (unpaired) electrons. The van der Waals surface area contributed by atoms with E-state index < -0.39 is 5.54 Å². The molecule has 32 heavy (non-hydrogen) atoms. The van der Waals surface area contributed by atoms with Gasteiger partial charge in [-0.25, -0.2) is 0 Å². The third kappa shape index (κ3) is 3.97. The Morgan fingerprint density at radius 2 is 1.75 bits per heavy atom. The van der Waals surface area contributed by atoms with Crippen LogP contribution < -0.4 is 43.5 Å². The number of pyridine rings is 1. The van der Waals surface area contributed by atoms with Crippen LogP contribution in [0.3, 0.4) is 0 Å². The molecule has 0 aliphatic carbocycles. The Morgan fingerprint density at radius 3 is 2.44 bits per heavy atom. The summed E-state index contributed by atoms with van der Waals surface area (Å²) in [5.41, 5.74) is 2.78. The summed E-state index contributed by atoms with van der Waals surface area (Å²) in [7, 11) is 1.58. The molecule has 6 nitrogen and oxygen atoms in total. The summed E-state index contributed by atoms with van der Waals surface area (Å²) in [4.78, 5) is 28.8. The highest BCUT2D eigenvalue weighted by Gasteiger charge is 2.54. The van der Waals surface area contributed by atoms with Crippen LogP contribution in [-0.2, 0) is 21.7 Å². The van der Waals surface area contributed by atoms with Gasteiger partial charge in [-0.05, 0) is 44.0 Å². The molecule has 0 bridgehead atoms. The van der Waals surface area contributed by atoms with Gasteiger partial charge in [0.1, 0.15) is 5.75 Å². The second-order valence-electron chi connectivity index (χ2n) is 7.94. The number of amides is 2. The smallest absolute Gasteiger partial charge is 0.294 e. The van der Waals surface area contributed by atoms with Gasteiger partial charge in [0.15, 0.2) is 6.20 Å². The number of anilines is 2. The monoisotopic (exact) mass is 543 g/mol. The van der Waals surface area contributed by atoms with Gasteiger partial charge in [0.05, 0.1) is 7.11 Å². The average Bonchev–Trinajstić information content (AvgIpc) is 2.76. The Bertz CT molecular complexity index is 1160. The molecule has 0 spiro atoms. The molecule has 0 saturated heterocycles. The Morgan fingerprint density at radius 1 is 1.06 bits per heavy atom. The van der Waals surface area contributed by atoms with E-state index in [1.54, 1.807) is 25.0 Å². The molecular weight excluding hydrogens is 517 g/mol. The Hall–Kier alpha value is -2.94. The maximum absolute atomic E-state index is 13.9. The van der Waals surface area contributed by atoms with Gasteiger partial charge in [-0.1, -0.05) is 30.3 Å². The molecule has 1 unspecified atom stereocenters. The van der Waals surface area contributed by atoms with Gasteiger partial charge in [0.2, 0.25) is 17.8 Å². The molecule has 1 N–H and O–H groups in total. The number of hydrogen-bond donors (Lipinski definition) is 1. The molecule has 0 fully saturated rings. The standard InChI is InChI=1S/C25H25N3O3.HI/c1-17-9-7-10-18(2)23(17)26-24(30)25(3)21-13-5-6-14-27(21)16-22(29)28(25)19-11-8-12-20(15-19)31-4;/h5-15H,16H2,1-4H3;1H. The SMILES string of the molecule is COc1cccc(N2C(=O)C[n+]3ccccc3C2(C)C(=O)Nc2c(C)cccc2C)c1.[I-]. The minimum atomic E-state index is -1.27. The Labute approximate surface area is 205 Å². The third-order valence-electron chi connectivity index (χ3n) is 5.91. The summed E-state index contributed by atoms with van der Waals surface area (Å²) in [6, 6.07) is 18.7. The third-order valence-corrected chi connectivity index (χ3v) is 5.91. The van der Waals surface area contributed by atoms with Crippen LogP contribution in [0.5, 0.6) is 5.75 Å². The zero-order valence-electron chi connectivity index (χ0n) is 18.6. The number of nitrogens with one attached hydrogen (secondary N) is 1. The lowest BCUT2D eigenvalue weighted by molar-refractivity contribution is -0.697. The molecule has 1 aliphatic rings. The largest absolute Gasteiger partial charge is 1.00 e. The number of hydrogen-bond acceptors (Lipinski definition) is 3. The fraction of sp³-hybridized carbons (Fsp3) is 0.240. The number of methoxy groups -OCH3 is 1. The number of ether oxygens (including phenoxy) is 1. The van der Waals surface area contributed by atoms with Crippen LogP contribution >= 0.6 is 0 Å². The summed E-state index contributed by atoms with van der Waals surface area (Å²) in [5.74, 6) is 0.172. The van der Waals surface area contributed by atoms with Gasteiger partial charge in [-0.2, -0.15) is 4.57 Å². The van der Waals surface area contributed by atoms with Crippen molar-refractivity contribution in [1.82, 2.24) is 0 Å². The molecule has 0 saturated carbocycles. The van der Waals surface area contributed by atoms with Crippen LogP contribution in [-0.4, -0.2) is 18.9 Å². The molecule has 2 aromatic carbocycles. The van der Waals surface area contributed by atoms with Crippen molar-refractivity contribution in [2.45, 2.75) is 32.9 Å². The summed E-state index contributed by atoms with van der Waals surface area (Å²) in [6.07, 6.45) is 1.83. The molecule has 1 atom stereocenters. The number of aromatic nitrogens is 1. The van der Waals surface area contributed by atoms with Crippen LogP contribution in [0.4, 0.5) is 11.4 Å². The predicted molar refractivity (Wildman–Crippen MR) is 119 cm³/mol. The first-order chi connectivity index (χ1) is 14.9. The van der Waals surface area contributed by atoms with E-state index in [4.69, 9.17) is 4.74 Å². The lowest BCUT2D eigenvalue weighted by Gasteiger charge is -2.40. The average molecular weight is 543 g/mol. The number of benzene rings is 2. The van der Waals surface area contributed by atoms with Crippen molar-refractivity contribution in [3.05, 3.63) is 83.7 Å². The molecular formula is C25H26IN3O3. The second kappa shape index (κ2) is 9.28. The van der Waals surface area contributed by atoms with E-state index >= 15 is 0 Å². The van der Waals surface area contributed by atoms with Crippen molar-refractivity contribution in [1.29, 1.82) is 0 Å². The molecule has 1 aliphatic heterocycles. The van der Waals surface area contributed by atoms with Crippen molar-refractivity contribution in [3.63, 3.8) is 0 Å². The van der Waals surface area contributed by atoms with Crippen LogP contribution in [0.2, 0.25) is 0 Å². The number of rotatable bonds is 4. The van der Waals surface area contributed by atoms with Crippen molar-refractivity contribution in [3.8, 4) is 5.75 Å². The molecule has 166 valence electrons. The highest BCUT2D eigenvalue weighted by molar-refractivity contribution is 6.08. The van der Waals surface area contributed by atoms with Gasteiger partial charge in [-0.15, -0.1) is 0 Å². The van der Waals surface area contributed by atoms with E-state index in [9.17, 15) is 9.59 Å². The normalized spacial score (nSPS) is 17.2. The zero-order valence-corrected chi connectivity index (χ0v) is 20.7. The molecule has 1 aromatic heterocycles. The zero-order chi connectivity index (χ0) is 22.2. The number of halogens is 1. The minimum Gasteiger partial charge on any atom is -1.00 e. The lowest BCUT2D eigenvalue weighted by Crippen LogP contribution is -3.00. The van der Waals surface area contributed by atoms with Gasteiger partial charge in [0, 0.05) is 29.6 Å². The molecule has 2 amide bonds. The van der Waals surface area contributed by atoms with Crippen LogP contribution in [0.15, 0.2) is 66.9 Å². The Kier molecular flexibility index (Phi) is 6.88. The topological polar surface area (TPSA) is 62.5 Å². The highest BCUT2D eigenvalue weighted by Crippen LogP contribution is 2.37. The second-order valence-corrected chi connectivity index (χ2v) is 7.94. The quantitative estimate of drug-likeness (QED) is 0.386. The van der Waals surface area contributed by atoms with E-state index in [1.807, 2.05) is 79.2 Å². The van der Waals surface area contributed by atoms with Gasteiger partial charge >= 0.3 is 0 Å². The maximum Gasteiger partial charge on any atom is 0.294 e. The first kappa shape index (κ1) is 23.7. The molecule has 7 heteroatoms. The number of nitrogens with zero attached hydrogens (tertiary/aromatic N) is 2. The number of aryl methyl sites for hydroxylation is 2. The van der Waals surface area contributed by atoms with Crippen molar-refractivity contribution >= 4 is 23.2 Å². The van der Waals surface area contributed by atoms with Crippen LogP contribution in [0, 0.1) is 13.8 Å². The summed E-state index contributed by atoms with van der Waals surface area (Å²) in [6.45, 7) is 5.86. The molecule has 4 rings (SSSR count). The lowest BCUT2D eigenvalue weighted by atomic mass is 9.89. The van der Waals surface area contributed by atoms with Gasteiger partial charge < -0.3 is 34.0 Å². The number of fused-ring (bicyclic) bond motifs is 1. The fourth-order valence-electron chi connectivity index (χ4n) is 4.25.